The second kappa shape index (κ2) is 9.87. The lowest BCUT2D eigenvalue weighted by Crippen LogP contribution is -2.44. The van der Waals surface area contributed by atoms with Crippen LogP contribution in [0.2, 0.25) is 0 Å². The molecule has 0 spiro atoms. The van der Waals surface area contributed by atoms with Crippen molar-refractivity contribution < 1.29 is 33.0 Å². The van der Waals surface area contributed by atoms with Gasteiger partial charge in [0.1, 0.15) is 18.1 Å². The summed E-state index contributed by atoms with van der Waals surface area (Å²) in [6.07, 6.45) is 1.64. The molecular weight excluding hydrogens is 454 g/mol. The molecule has 0 fully saturated rings. The van der Waals surface area contributed by atoms with Crippen molar-refractivity contribution in [3.8, 4) is 0 Å². The zero-order valence-electron chi connectivity index (χ0n) is 20.0. The number of carbonyl (C=O) groups excluding carboxylic acids is 3. The number of Topliss-reactive ketones (excluding diaryl/α,β-unsaturated/α-hetero) is 1. The van der Waals surface area contributed by atoms with Gasteiger partial charge in [0.15, 0.2) is 11.2 Å². The lowest BCUT2D eigenvalue weighted by Gasteiger charge is -2.37. The smallest absolute Gasteiger partial charge is 0.336 e. The number of hydrogen-bond donors (Lipinski definition) is 1. The lowest BCUT2D eigenvalue weighted by atomic mass is 9.69. The average Bonchev–Trinajstić information content (AvgIpc) is 2.83. The molecule has 4 rings (SSSR count). The first-order valence-corrected chi connectivity index (χ1v) is 11.3. The first kappa shape index (κ1) is 24.4. The molecule has 0 saturated carbocycles. The van der Waals surface area contributed by atoms with Gasteiger partial charge in [-0.2, -0.15) is 0 Å². The van der Waals surface area contributed by atoms with Gasteiger partial charge in [0.25, 0.3) is 0 Å². The normalized spacial score (nSPS) is 22.1. The summed E-state index contributed by atoms with van der Waals surface area (Å²) in [5.41, 5.74) is 1.42. The van der Waals surface area contributed by atoms with Gasteiger partial charge < -0.3 is 23.9 Å². The van der Waals surface area contributed by atoms with Gasteiger partial charge in [0.2, 0.25) is 0 Å². The number of rotatable bonds is 6. The van der Waals surface area contributed by atoms with Gasteiger partial charge >= 0.3 is 11.9 Å². The monoisotopic (exact) mass is 481 g/mol. The van der Waals surface area contributed by atoms with Crippen molar-refractivity contribution in [2.75, 3.05) is 27.4 Å². The third-order valence-electron chi connectivity index (χ3n) is 6.50. The van der Waals surface area contributed by atoms with E-state index in [2.05, 4.69) is 5.32 Å². The van der Waals surface area contributed by atoms with Crippen molar-refractivity contribution >= 4 is 28.7 Å². The zero-order chi connectivity index (χ0) is 25.3. The largest absolute Gasteiger partial charge is 0.468 e. The molecule has 3 atom stereocenters. The van der Waals surface area contributed by atoms with Crippen LogP contribution < -0.4 is 10.7 Å². The van der Waals surface area contributed by atoms with E-state index in [-0.39, 0.29) is 41.3 Å². The fraction of sp³-hybridized carbons (Fsp3) is 0.385. The average molecular weight is 482 g/mol. The van der Waals surface area contributed by atoms with Crippen LogP contribution in [-0.2, 0) is 28.6 Å². The molecule has 9 heteroatoms. The van der Waals surface area contributed by atoms with E-state index in [1.807, 2.05) is 0 Å². The standard InChI is InChI=1S/C26H27NO8/c1-13-11-17-22(24(29)19(13)25(30)33-4)21(20(14(2)27-17)26(31)34-10-9-32-3)16-12-35-18-8-6-5-7-15(18)23(16)28/h5-8,12-13,19,21,27H,9-11H2,1-4H3/t13-,19+,21+/m0/s1. The Morgan fingerprint density at radius 1 is 1.14 bits per heavy atom. The van der Waals surface area contributed by atoms with Crippen LogP contribution in [0.4, 0.5) is 0 Å². The molecule has 1 N–H and O–H groups in total. The fourth-order valence-electron chi connectivity index (χ4n) is 4.85. The Morgan fingerprint density at radius 2 is 1.89 bits per heavy atom. The molecule has 0 radical (unpaired) electrons. The van der Waals surface area contributed by atoms with Crippen LogP contribution in [0.3, 0.4) is 0 Å². The van der Waals surface area contributed by atoms with Crippen LogP contribution in [0.15, 0.2) is 62.3 Å². The van der Waals surface area contributed by atoms with Crippen LogP contribution in [0, 0.1) is 11.8 Å². The van der Waals surface area contributed by atoms with Crippen LogP contribution in [0.25, 0.3) is 11.0 Å². The number of nitrogens with one attached hydrogen (secondary N) is 1. The molecule has 184 valence electrons. The van der Waals surface area contributed by atoms with Crippen molar-refractivity contribution in [3.63, 3.8) is 0 Å². The molecule has 35 heavy (non-hydrogen) atoms. The maximum atomic E-state index is 13.7. The van der Waals surface area contributed by atoms with Gasteiger partial charge in [-0.3, -0.25) is 14.4 Å². The van der Waals surface area contributed by atoms with E-state index in [1.54, 1.807) is 38.1 Å². The fourth-order valence-corrected chi connectivity index (χ4v) is 4.85. The predicted octanol–water partition coefficient (Wildman–Crippen LogP) is 2.60. The molecule has 2 heterocycles. The van der Waals surface area contributed by atoms with Crippen molar-refractivity contribution in [1.29, 1.82) is 0 Å². The van der Waals surface area contributed by atoms with Crippen LogP contribution in [-0.4, -0.2) is 45.2 Å². The molecule has 0 saturated heterocycles. The first-order valence-electron chi connectivity index (χ1n) is 11.3. The number of allylic oxidation sites excluding steroid dienone is 3. The second-order valence-corrected chi connectivity index (χ2v) is 8.68. The lowest BCUT2D eigenvalue weighted by molar-refractivity contribution is -0.151. The molecule has 2 aromatic rings. The summed E-state index contributed by atoms with van der Waals surface area (Å²) in [6.45, 7) is 3.65. The predicted molar refractivity (Wildman–Crippen MR) is 125 cm³/mol. The summed E-state index contributed by atoms with van der Waals surface area (Å²) in [7, 11) is 2.71. The third kappa shape index (κ3) is 4.27. The minimum atomic E-state index is -1.07. The molecule has 0 unspecified atom stereocenters. The van der Waals surface area contributed by atoms with Gasteiger partial charge in [-0.15, -0.1) is 0 Å². The number of ketones is 1. The van der Waals surface area contributed by atoms with Crippen LogP contribution in [0.5, 0.6) is 0 Å². The number of dihydropyridines is 1. The Balaban J connectivity index is 1.92. The summed E-state index contributed by atoms with van der Waals surface area (Å²) in [4.78, 5) is 53.1. The van der Waals surface area contributed by atoms with E-state index >= 15 is 0 Å². The number of para-hydroxylation sites is 1. The zero-order valence-corrected chi connectivity index (χ0v) is 20.0. The Morgan fingerprint density at radius 3 is 2.60 bits per heavy atom. The molecule has 9 nitrogen and oxygen atoms in total. The maximum absolute atomic E-state index is 13.7. The number of ether oxygens (including phenoxy) is 3. The number of hydrogen-bond acceptors (Lipinski definition) is 9. The van der Waals surface area contributed by atoms with Gasteiger partial charge in [-0.25, -0.2) is 4.79 Å². The molecule has 0 amide bonds. The second-order valence-electron chi connectivity index (χ2n) is 8.68. The van der Waals surface area contributed by atoms with Crippen LogP contribution >= 0.6 is 0 Å². The molecule has 1 aromatic heterocycles. The highest BCUT2D eigenvalue weighted by atomic mass is 16.6. The highest BCUT2D eigenvalue weighted by molar-refractivity contribution is 6.12. The van der Waals surface area contributed by atoms with Crippen molar-refractivity contribution in [1.82, 2.24) is 5.32 Å². The summed E-state index contributed by atoms with van der Waals surface area (Å²) >= 11 is 0. The molecule has 1 aliphatic heterocycles. The van der Waals surface area contributed by atoms with E-state index in [9.17, 15) is 19.2 Å². The van der Waals surface area contributed by atoms with Crippen LogP contribution in [0.1, 0.15) is 31.7 Å². The van der Waals surface area contributed by atoms with Gasteiger partial charge in [-0.05, 0) is 31.4 Å². The minimum Gasteiger partial charge on any atom is -0.468 e. The Labute approximate surface area is 201 Å². The van der Waals surface area contributed by atoms with E-state index < -0.39 is 29.6 Å². The molecular formula is C26H27NO8. The maximum Gasteiger partial charge on any atom is 0.336 e. The third-order valence-corrected chi connectivity index (χ3v) is 6.50. The summed E-state index contributed by atoms with van der Waals surface area (Å²) in [5, 5.41) is 3.47. The minimum absolute atomic E-state index is 0.00711. The van der Waals surface area contributed by atoms with Gasteiger partial charge in [0, 0.05) is 29.6 Å². The molecule has 1 aromatic carbocycles. The molecule has 1 aliphatic carbocycles. The molecule has 2 aliphatic rings. The molecule has 0 bridgehead atoms. The van der Waals surface area contributed by atoms with E-state index in [4.69, 9.17) is 18.6 Å². The van der Waals surface area contributed by atoms with Gasteiger partial charge in [-0.1, -0.05) is 19.1 Å². The Kier molecular flexibility index (Phi) is 6.88. The van der Waals surface area contributed by atoms with Gasteiger partial charge in [0.05, 0.1) is 36.9 Å². The quantitative estimate of drug-likeness (QED) is 0.377. The Hall–Kier alpha value is -3.72. The first-order chi connectivity index (χ1) is 16.8. The van der Waals surface area contributed by atoms with E-state index in [0.717, 1.165) is 0 Å². The SMILES string of the molecule is COCCOC(=O)C1=C(C)NC2=C(C(=O)[C@H](C(=O)OC)[C@@H](C)C2)[C@@H]1c1coc2ccccc2c1=O. The van der Waals surface area contributed by atoms with Crippen molar-refractivity contribution in [2.45, 2.75) is 26.2 Å². The number of benzene rings is 1. The highest BCUT2D eigenvalue weighted by Crippen LogP contribution is 2.45. The topological polar surface area (TPSA) is 121 Å². The number of carbonyl (C=O) groups is 3. The highest BCUT2D eigenvalue weighted by Gasteiger charge is 2.48. The van der Waals surface area contributed by atoms with Crippen molar-refractivity contribution in [3.05, 3.63) is 68.9 Å². The number of esters is 2. The number of methoxy groups -OCH3 is 2. The number of fused-ring (bicyclic) bond motifs is 1. The summed E-state index contributed by atoms with van der Waals surface area (Å²) in [6, 6.07) is 6.73. The van der Waals surface area contributed by atoms with E-state index in [0.29, 0.717) is 28.8 Å². The summed E-state index contributed by atoms with van der Waals surface area (Å²) < 4.78 is 21.0. The van der Waals surface area contributed by atoms with Crippen molar-refractivity contribution in [2.24, 2.45) is 11.8 Å². The van der Waals surface area contributed by atoms with E-state index in [1.165, 1.54) is 20.5 Å². The summed E-state index contributed by atoms with van der Waals surface area (Å²) in [5.74, 6) is -4.32. The Bertz CT molecular complexity index is 1320.